The number of thioether (sulfide) groups is 2. The van der Waals surface area contributed by atoms with Crippen LogP contribution in [0, 0.1) is 5.92 Å². The highest BCUT2D eigenvalue weighted by Gasteiger charge is 2.22. The lowest BCUT2D eigenvalue weighted by atomic mass is 9.99. The number of benzene rings is 1. The van der Waals surface area contributed by atoms with Crippen molar-refractivity contribution in [3.8, 4) is 0 Å². The second-order valence-electron chi connectivity index (χ2n) is 6.21. The number of hydrogen-bond donors (Lipinski definition) is 0. The molecule has 1 aromatic heterocycles. The Balaban J connectivity index is 1.33. The number of pyridine rings is 1. The normalized spacial score (nSPS) is 15.3. The van der Waals surface area contributed by atoms with E-state index in [1.54, 1.807) is 11.8 Å². The van der Waals surface area contributed by atoms with Crippen LogP contribution in [0.1, 0.15) is 19.3 Å². The van der Waals surface area contributed by atoms with Gasteiger partial charge in [0.15, 0.2) is 0 Å². The standard InChI is InChI=1S/C20H24N2OS2/c23-20(11-15-24-18-6-2-1-3-7-18)22-13-9-17(10-14-22)16-25-19-8-4-5-12-21-19/h1-8,12,17H,9-11,13-16H2. The molecule has 132 valence electrons. The third kappa shape index (κ3) is 6.08. The first-order valence-electron chi connectivity index (χ1n) is 8.81. The van der Waals surface area contributed by atoms with Crippen LogP contribution in [0.15, 0.2) is 64.6 Å². The van der Waals surface area contributed by atoms with Crippen LogP contribution in [0.5, 0.6) is 0 Å². The van der Waals surface area contributed by atoms with Crippen molar-refractivity contribution in [1.82, 2.24) is 9.88 Å². The number of likely N-dealkylation sites (tertiary alicyclic amines) is 1. The zero-order chi connectivity index (χ0) is 17.3. The molecule has 0 N–H and O–H groups in total. The number of piperidine rings is 1. The molecule has 1 fully saturated rings. The third-order valence-corrected chi connectivity index (χ3v) is 6.59. The Labute approximate surface area is 158 Å². The molecule has 0 atom stereocenters. The van der Waals surface area contributed by atoms with Crippen LogP contribution in [0.2, 0.25) is 0 Å². The number of rotatable bonds is 7. The molecular weight excluding hydrogens is 348 g/mol. The zero-order valence-electron chi connectivity index (χ0n) is 14.3. The summed E-state index contributed by atoms with van der Waals surface area (Å²) in [5, 5.41) is 1.10. The molecule has 2 heterocycles. The monoisotopic (exact) mass is 372 g/mol. The Hall–Kier alpha value is -1.46. The highest BCUT2D eigenvalue weighted by Crippen LogP contribution is 2.26. The fraction of sp³-hybridized carbons (Fsp3) is 0.400. The van der Waals surface area contributed by atoms with Crippen molar-refractivity contribution >= 4 is 29.4 Å². The van der Waals surface area contributed by atoms with Crippen molar-refractivity contribution in [2.24, 2.45) is 5.92 Å². The summed E-state index contributed by atoms with van der Waals surface area (Å²) in [6.07, 6.45) is 4.69. The maximum Gasteiger partial charge on any atom is 0.223 e. The largest absolute Gasteiger partial charge is 0.343 e. The van der Waals surface area contributed by atoms with Gasteiger partial charge in [-0.15, -0.1) is 23.5 Å². The lowest BCUT2D eigenvalue weighted by Crippen LogP contribution is -2.39. The highest BCUT2D eigenvalue weighted by molar-refractivity contribution is 7.99. The molecule has 1 saturated heterocycles. The average molecular weight is 373 g/mol. The van der Waals surface area contributed by atoms with Crippen LogP contribution in [-0.4, -0.2) is 40.4 Å². The van der Waals surface area contributed by atoms with E-state index in [0.717, 1.165) is 42.5 Å². The van der Waals surface area contributed by atoms with Crippen LogP contribution in [0.3, 0.4) is 0 Å². The Morgan fingerprint density at radius 3 is 2.52 bits per heavy atom. The Morgan fingerprint density at radius 1 is 1.04 bits per heavy atom. The molecule has 1 aliphatic heterocycles. The number of aromatic nitrogens is 1. The molecule has 0 spiro atoms. The molecule has 25 heavy (non-hydrogen) atoms. The summed E-state index contributed by atoms with van der Waals surface area (Å²) in [5.74, 6) is 2.95. The summed E-state index contributed by atoms with van der Waals surface area (Å²) >= 11 is 3.59. The van der Waals surface area contributed by atoms with Crippen LogP contribution in [0.4, 0.5) is 0 Å². The molecule has 1 amide bonds. The van der Waals surface area contributed by atoms with E-state index in [-0.39, 0.29) is 0 Å². The summed E-state index contributed by atoms with van der Waals surface area (Å²) < 4.78 is 0. The van der Waals surface area contributed by atoms with Gasteiger partial charge in [0.2, 0.25) is 5.91 Å². The molecule has 0 radical (unpaired) electrons. The van der Waals surface area contributed by atoms with E-state index in [2.05, 4.69) is 23.2 Å². The van der Waals surface area contributed by atoms with Crippen LogP contribution in [0.25, 0.3) is 0 Å². The molecule has 1 aliphatic rings. The van der Waals surface area contributed by atoms with Crippen LogP contribution < -0.4 is 0 Å². The number of nitrogens with zero attached hydrogens (tertiary/aromatic N) is 2. The van der Waals surface area contributed by atoms with Crippen molar-refractivity contribution in [2.45, 2.75) is 29.2 Å². The molecule has 5 heteroatoms. The van der Waals surface area contributed by atoms with Crippen LogP contribution >= 0.6 is 23.5 Å². The first kappa shape index (κ1) is 18.3. The fourth-order valence-corrected chi connectivity index (χ4v) is 4.83. The van der Waals surface area contributed by atoms with Gasteiger partial charge >= 0.3 is 0 Å². The smallest absolute Gasteiger partial charge is 0.223 e. The number of amides is 1. The minimum atomic E-state index is 0.305. The second-order valence-corrected chi connectivity index (χ2v) is 8.42. The average Bonchev–Trinajstić information content (AvgIpc) is 2.68. The molecular formula is C20H24N2OS2. The highest BCUT2D eigenvalue weighted by atomic mass is 32.2. The van der Waals surface area contributed by atoms with E-state index in [9.17, 15) is 4.79 Å². The molecule has 2 aromatic rings. The molecule has 1 aromatic carbocycles. The maximum atomic E-state index is 12.4. The quantitative estimate of drug-likeness (QED) is 0.665. The Bertz CT molecular complexity index is 643. The van der Waals surface area contributed by atoms with Gasteiger partial charge in [0.25, 0.3) is 0 Å². The molecule has 0 saturated carbocycles. The van der Waals surface area contributed by atoms with Gasteiger partial charge < -0.3 is 4.90 Å². The fourth-order valence-electron chi connectivity index (χ4n) is 2.92. The van der Waals surface area contributed by atoms with Crippen molar-refractivity contribution < 1.29 is 4.79 Å². The summed E-state index contributed by atoms with van der Waals surface area (Å²) in [6, 6.07) is 16.3. The van der Waals surface area contributed by atoms with E-state index in [4.69, 9.17) is 0 Å². The number of carbonyl (C=O) groups excluding carboxylic acids is 1. The second kappa shape index (κ2) is 9.88. The van der Waals surface area contributed by atoms with E-state index < -0.39 is 0 Å². The van der Waals surface area contributed by atoms with Gasteiger partial charge in [0.05, 0.1) is 5.03 Å². The predicted molar refractivity (Wildman–Crippen MR) is 106 cm³/mol. The van der Waals surface area contributed by atoms with Crippen molar-refractivity contribution in [2.75, 3.05) is 24.6 Å². The zero-order valence-corrected chi connectivity index (χ0v) is 16.0. The van der Waals surface area contributed by atoms with E-state index in [0.29, 0.717) is 18.2 Å². The van der Waals surface area contributed by atoms with E-state index in [1.165, 1.54) is 4.90 Å². The summed E-state index contributed by atoms with van der Waals surface area (Å²) in [6.45, 7) is 1.81. The van der Waals surface area contributed by atoms with Gasteiger partial charge in [0, 0.05) is 42.1 Å². The molecule has 3 nitrogen and oxygen atoms in total. The van der Waals surface area contributed by atoms with Gasteiger partial charge in [-0.2, -0.15) is 0 Å². The van der Waals surface area contributed by atoms with Crippen molar-refractivity contribution in [3.05, 3.63) is 54.7 Å². The van der Waals surface area contributed by atoms with Gasteiger partial charge in [-0.25, -0.2) is 4.98 Å². The minimum absolute atomic E-state index is 0.305. The van der Waals surface area contributed by atoms with Gasteiger partial charge in [0.1, 0.15) is 0 Å². The Kier molecular flexibility index (Phi) is 7.24. The summed E-state index contributed by atoms with van der Waals surface area (Å²) in [5.41, 5.74) is 0. The number of hydrogen-bond acceptors (Lipinski definition) is 4. The van der Waals surface area contributed by atoms with Gasteiger partial charge in [-0.1, -0.05) is 24.3 Å². The lowest BCUT2D eigenvalue weighted by molar-refractivity contribution is -0.132. The number of carbonyl (C=O) groups is 1. The minimum Gasteiger partial charge on any atom is -0.343 e. The SMILES string of the molecule is O=C(CCSc1ccccc1)N1CCC(CSc2ccccn2)CC1. The van der Waals surface area contributed by atoms with Crippen molar-refractivity contribution in [1.29, 1.82) is 0 Å². The molecule has 0 bridgehead atoms. The predicted octanol–water partition coefficient (Wildman–Crippen LogP) is 4.59. The first-order valence-corrected chi connectivity index (χ1v) is 10.8. The Morgan fingerprint density at radius 2 is 1.80 bits per heavy atom. The lowest BCUT2D eigenvalue weighted by Gasteiger charge is -2.32. The first-order chi connectivity index (χ1) is 12.3. The van der Waals surface area contributed by atoms with Gasteiger partial charge in [-0.05, 0) is 43.0 Å². The van der Waals surface area contributed by atoms with E-state index >= 15 is 0 Å². The van der Waals surface area contributed by atoms with Crippen molar-refractivity contribution in [3.63, 3.8) is 0 Å². The maximum absolute atomic E-state index is 12.4. The molecule has 0 aliphatic carbocycles. The summed E-state index contributed by atoms with van der Waals surface area (Å²) in [7, 11) is 0. The van der Waals surface area contributed by atoms with E-state index in [1.807, 2.05) is 53.2 Å². The van der Waals surface area contributed by atoms with Crippen LogP contribution in [-0.2, 0) is 4.79 Å². The molecule has 3 rings (SSSR count). The molecule has 0 unspecified atom stereocenters. The third-order valence-electron chi connectivity index (χ3n) is 4.40. The summed E-state index contributed by atoms with van der Waals surface area (Å²) in [4.78, 5) is 20.0. The van der Waals surface area contributed by atoms with Gasteiger partial charge in [-0.3, -0.25) is 4.79 Å². The topological polar surface area (TPSA) is 33.2 Å².